The van der Waals surface area contributed by atoms with Crippen LogP contribution >= 0.6 is 9.84 Å². The molecule has 0 bridgehead atoms. The van der Waals surface area contributed by atoms with Crippen molar-refractivity contribution < 1.29 is 38.2 Å². The van der Waals surface area contributed by atoms with Gasteiger partial charge in [0.2, 0.25) is 9.84 Å². The van der Waals surface area contributed by atoms with Gasteiger partial charge in [0.1, 0.15) is 6.10 Å². The second-order valence-electron chi connectivity index (χ2n) is 10.0. The fourth-order valence-corrected chi connectivity index (χ4v) is 7.26. The van der Waals surface area contributed by atoms with Gasteiger partial charge in [-0.15, -0.1) is 15.5 Å². The van der Waals surface area contributed by atoms with E-state index in [9.17, 15) is 33.5 Å². The topological polar surface area (TPSA) is 26.3 Å². The van der Waals surface area contributed by atoms with Gasteiger partial charge in [-0.1, -0.05) is 6.92 Å². The number of rotatable bonds is 4. The first-order valence-corrected chi connectivity index (χ1v) is 13.5. The molecule has 3 aliphatic carbocycles. The van der Waals surface area contributed by atoms with E-state index in [0.29, 0.717) is 31.6 Å². The number of halogens is 7. The van der Waals surface area contributed by atoms with E-state index in [1.54, 1.807) is 0 Å². The van der Waals surface area contributed by atoms with Gasteiger partial charge < -0.3 is 4.74 Å². The van der Waals surface area contributed by atoms with Gasteiger partial charge in [0.05, 0.1) is 11.2 Å². The maximum Gasteiger partial charge on any atom is 0.506 e. The highest BCUT2D eigenvalue weighted by molar-refractivity contribution is 8.50. The molecule has 0 amide bonds. The van der Waals surface area contributed by atoms with E-state index in [0.717, 1.165) is 25.7 Å². The number of ether oxygens (including phenoxy) is 1. The molecule has 31 heavy (non-hydrogen) atoms. The van der Waals surface area contributed by atoms with Crippen LogP contribution in [0.25, 0.3) is 0 Å². The second kappa shape index (κ2) is 7.97. The van der Waals surface area contributed by atoms with Gasteiger partial charge in [0.15, 0.2) is 0 Å². The van der Waals surface area contributed by atoms with E-state index < -0.39 is 33.4 Å². The molecule has 0 heterocycles. The zero-order valence-corrected chi connectivity index (χ0v) is 18.6. The number of hydrogen-bond donors (Lipinski definition) is 0. The third kappa shape index (κ3) is 4.98. The van der Waals surface area contributed by atoms with Crippen LogP contribution in [0.5, 0.6) is 0 Å². The van der Waals surface area contributed by atoms with Crippen LogP contribution in [-0.4, -0.2) is 22.8 Å². The Balaban J connectivity index is 1.46. The number of hydrogen-bond acceptors (Lipinski definition) is 2. The van der Waals surface area contributed by atoms with Crippen LogP contribution < -0.4 is 0 Å². The number of alkyl halides is 3. The van der Waals surface area contributed by atoms with Crippen molar-refractivity contribution in [3.63, 3.8) is 0 Å². The van der Waals surface area contributed by atoms with Crippen molar-refractivity contribution in [2.75, 3.05) is 0 Å². The summed E-state index contributed by atoms with van der Waals surface area (Å²) in [7, 11) is -10.1. The van der Waals surface area contributed by atoms with Crippen LogP contribution in [0.4, 0.5) is 28.7 Å². The van der Waals surface area contributed by atoms with Crippen LogP contribution in [0.15, 0.2) is 0 Å². The van der Waals surface area contributed by atoms with Gasteiger partial charge in [0, 0.05) is 0 Å². The molecule has 0 aromatic carbocycles. The lowest BCUT2D eigenvalue weighted by Crippen LogP contribution is -2.44. The summed E-state index contributed by atoms with van der Waals surface area (Å²) in [6, 6.07) is 0. The molecule has 0 aliphatic heterocycles. The van der Waals surface area contributed by atoms with Gasteiger partial charge in [-0.25, -0.2) is 0 Å². The molecule has 3 rings (SSSR count). The van der Waals surface area contributed by atoms with Crippen molar-refractivity contribution >= 4 is 15.8 Å². The summed E-state index contributed by atoms with van der Waals surface area (Å²) < 4.78 is 98.5. The predicted molar refractivity (Wildman–Crippen MR) is 107 cm³/mol. The lowest BCUT2D eigenvalue weighted by Gasteiger charge is -2.57. The first-order chi connectivity index (χ1) is 14.1. The molecule has 184 valence electrons. The van der Waals surface area contributed by atoms with Gasteiger partial charge >= 0.3 is 11.5 Å². The fourth-order valence-electron chi connectivity index (χ4n) is 5.66. The van der Waals surface area contributed by atoms with Crippen molar-refractivity contribution in [2.24, 2.45) is 23.7 Å². The van der Waals surface area contributed by atoms with Crippen molar-refractivity contribution in [1.29, 1.82) is 0 Å². The minimum Gasteiger partial charge on any atom is -0.462 e. The molecule has 10 heteroatoms. The molecule has 0 radical (unpaired) electrons. The highest BCUT2D eigenvalue weighted by atomic mass is 32.5. The van der Waals surface area contributed by atoms with Crippen LogP contribution in [0.3, 0.4) is 0 Å². The van der Waals surface area contributed by atoms with Crippen molar-refractivity contribution in [1.82, 2.24) is 0 Å². The Morgan fingerprint density at radius 3 is 1.65 bits per heavy atom. The smallest absolute Gasteiger partial charge is 0.462 e. The molecule has 0 spiro atoms. The van der Waals surface area contributed by atoms with Crippen molar-refractivity contribution in [3.8, 4) is 0 Å². The molecule has 0 aromatic heterocycles. The quantitative estimate of drug-likeness (QED) is 0.297. The van der Waals surface area contributed by atoms with Gasteiger partial charge in [-0.3, -0.25) is 4.79 Å². The molecule has 0 saturated heterocycles. The maximum absolute atomic E-state index is 13.7. The molecule has 2 nitrogen and oxygen atoms in total. The number of esters is 1. The summed E-state index contributed by atoms with van der Waals surface area (Å²) in [5, 5.41) is -2.91. The van der Waals surface area contributed by atoms with E-state index in [2.05, 4.69) is 6.92 Å². The molecular weight excluding hydrogens is 449 g/mol. The van der Waals surface area contributed by atoms with E-state index in [4.69, 9.17) is 4.74 Å². The second-order valence-corrected chi connectivity index (χ2v) is 13.4. The maximum atomic E-state index is 13.7. The zero-order valence-electron chi connectivity index (χ0n) is 17.8. The van der Waals surface area contributed by atoms with Crippen molar-refractivity contribution in [3.05, 3.63) is 0 Å². The Hall–Kier alpha value is -0.670. The third-order valence-electron chi connectivity index (χ3n) is 7.89. The molecular formula is C21H33F7O2S. The molecule has 3 aliphatic rings. The monoisotopic (exact) mass is 482 g/mol. The number of carbonyl (C=O) groups excluding carboxylic acids is 1. The lowest BCUT2D eigenvalue weighted by atomic mass is 9.73. The van der Waals surface area contributed by atoms with E-state index in [1.807, 2.05) is 0 Å². The number of carbonyl (C=O) groups is 1. The zero-order chi connectivity index (χ0) is 23.1. The fraction of sp³-hybridized carbons (Fsp3) is 0.952. The summed E-state index contributed by atoms with van der Waals surface area (Å²) in [5.41, 5.74) is -6.80. The summed E-state index contributed by atoms with van der Waals surface area (Å²) >= 11 is 0. The molecule has 0 unspecified atom stereocenters. The van der Waals surface area contributed by atoms with E-state index >= 15 is 0 Å². The van der Waals surface area contributed by atoms with E-state index in [1.165, 1.54) is 0 Å². The molecule has 0 N–H and O–H groups in total. The van der Waals surface area contributed by atoms with Crippen LogP contribution in [0.1, 0.15) is 84.0 Å². The van der Waals surface area contributed by atoms with E-state index in [-0.39, 0.29) is 42.7 Å². The highest BCUT2D eigenvalue weighted by Gasteiger charge is 2.86. The molecule has 0 atom stereocenters. The average Bonchev–Trinajstić information content (AvgIpc) is 2.67. The Kier molecular flexibility index (Phi) is 6.42. The minimum atomic E-state index is -10.1. The lowest BCUT2D eigenvalue weighted by molar-refractivity contribution is -0.157. The first kappa shape index (κ1) is 25.0. The molecule has 3 saturated carbocycles. The Morgan fingerprint density at radius 2 is 1.19 bits per heavy atom. The molecule has 3 fully saturated rings. The Morgan fingerprint density at radius 1 is 0.742 bits per heavy atom. The standard InChI is InChI=1S/C21H33F7O2S/c1-14-2-4-17(5-3-14)20(29)30-18-10-6-15(7-11-18)16-8-12-19(13-9-16)31(25,26,27,28)21(22,23)24/h14-19H,2-13H2,1H3. The summed E-state index contributed by atoms with van der Waals surface area (Å²) in [6.45, 7) is 2.17. The van der Waals surface area contributed by atoms with Gasteiger partial charge in [-0.05, 0) is 94.8 Å². The average molecular weight is 483 g/mol. The predicted octanol–water partition coefficient (Wildman–Crippen LogP) is 8.41. The third-order valence-corrected chi connectivity index (χ3v) is 10.7. The van der Waals surface area contributed by atoms with Gasteiger partial charge in [-0.2, -0.15) is 13.2 Å². The van der Waals surface area contributed by atoms with Crippen molar-refractivity contribution in [2.45, 2.75) is 101 Å². The normalized spacial score (nSPS) is 38.1. The Labute approximate surface area is 179 Å². The largest absolute Gasteiger partial charge is 0.506 e. The van der Waals surface area contributed by atoms with Crippen LogP contribution in [-0.2, 0) is 9.53 Å². The SMILES string of the molecule is CC1CCC(C(=O)OC2CCC(C3CCC(S(F)(F)(F)(F)C(F)(F)F)CC3)CC2)CC1. The van der Waals surface area contributed by atoms with Gasteiger partial charge in [0.25, 0.3) is 0 Å². The summed E-state index contributed by atoms with van der Waals surface area (Å²) in [4.78, 5) is 12.4. The molecule has 0 aromatic rings. The minimum absolute atomic E-state index is 0.0438. The highest BCUT2D eigenvalue weighted by Crippen LogP contribution is 3.06. The summed E-state index contributed by atoms with van der Waals surface area (Å²) in [5.74, 6) is 0.387. The first-order valence-electron chi connectivity index (χ1n) is 11.4. The Bertz CT molecular complexity index is 650. The van der Waals surface area contributed by atoms with Crippen LogP contribution in [0, 0.1) is 23.7 Å². The van der Waals surface area contributed by atoms with Crippen LogP contribution in [0.2, 0.25) is 0 Å². The summed E-state index contributed by atoms with van der Waals surface area (Å²) in [6.07, 6.45) is 4.43.